The summed E-state index contributed by atoms with van der Waals surface area (Å²) in [6.45, 7) is 0.619. The molecule has 1 N–H and O–H groups in total. The molecule has 1 amide bonds. The van der Waals surface area contributed by atoms with Crippen molar-refractivity contribution in [1.29, 1.82) is 0 Å². The molecule has 0 saturated heterocycles. The van der Waals surface area contributed by atoms with E-state index in [1.54, 1.807) is 6.07 Å². The van der Waals surface area contributed by atoms with E-state index in [1.165, 1.54) is 17.3 Å². The van der Waals surface area contributed by atoms with Crippen LogP contribution in [-0.4, -0.2) is 33.0 Å². The van der Waals surface area contributed by atoms with E-state index in [9.17, 15) is 4.79 Å². The minimum atomic E-state index is -0.0220. The highest BCUT2D eigenvalue weighted by Gasteiger charge is 2.15. The molecular weight excluding hydrogens is 404 g/mol. The van der Waals surface area contributed by atoms with E-state index >= 15 is 0 Å². The number of hydrogen-bond acceptors (Lipinski definition) is 5. The molecule has 0 aliphatic rings. The second kappa shape index (κ2) is 8.35. The van der Waals surface area contributed by atoms with Crippen molar-refractivity contribution in [3.8, 4) is 11.6 Å². The van der Waals surface area contributed by atoms with Gasteiger partial charge < -0.3 is 14.3 Å². The summed E-state index contributed by atoms with van der Waals surface area (Å²) in [5, 5.41) is 11.8. The molecule has 0 fully saturated rings. The van der Waals surface area contributed by atoms with Gasteiger partial charge in [-0.15, -0.1) is 10.2 Å². The van der Waals surface area contributed by atoms with Gasteiger partial charge in [0.15, 0.2) is 21.4 Å². The fraction of sp³-hybridized carbons (Fsp3) is 0.235. The standard InChI is InChI=1S/C17H17BrN4O2S/c1-22-16(13-7-8-14(18)24-13)20-21-17(22)25-11-15(23)19-10-9-12-5-3-2-4-6-12/h2-8H,9-11H2,1H3,(H,19,23). The number of nitrogens with zero attached hydrogens (tertiary/aromatic N) is 3. The second-order valence-corrected chi connectivity index (χ2v) is 7.07. The number of carbonyl (C=O) groups excluding carboxylic acids is 1. The number of furan rings is 1. The van der Waals surface area contributed by atoms with Crippen molar-refractivity contribution in [2.45, 2.75) is 11.6 Å². The summed E-state index contributed by atoms with van der Waals surface area (Å²) < 4.78 is 7.94. The Bertz CT molecular complexity index is 847. The van der Waals surface area contributed by atoms with Gasteiger partial charge in [0.05, 0.1) is 5.75 Å². The van der Waals surface area contributed by atoms with Crippen LogP contribution in [0.25, 0.3) is 11.6 Å². The van der Waals surface area contributed by atoms with E-state index in [0.717, 1.165) is 6.42 Å². The van der Waals surface area contributed by atoms with Gasteiger partial charge in [0, 0.05) is 13.6 Å². The molecule has 2 aromatic heterocycles. The maximum Gasteiger partial charge on any atom is 0.230 e. The zero-order chi connectivity index (χ0) is 17.6. The molecular formula is C17H17BrN4O2S. The van der Waals surface area contributed by atoms with Crippen LogP contribution in [0.4, 0.5) is 0 Å². The van der Waals surface area contributed by atoms with Crippen LogP contribution in [0.5, 0.6) is 0 Å². The van der Waals surface area contributed by atoms with Gasteiger partial charge in [0.25, 0.3) is 0 Å². The van der Waals surface area contributed by atoms with Gasteiger partial charge in [-0.2, -0.15) is 0 Å². The van der Waals surface area contributed by atoms with E-state index in [0.29, 0.717) is 33.7 Å². The second-order valence-electron chi connectivity index (χ2n) is 5.34. The number of aromatic nitrogens is 3. The van der Waals surface area contributed by atoms with Gasteiger partial charge >= 0.3 is 0 Å². The summed E-state index contributed by atoms with van der Waals surface area (Å²) in [5.41, 5.74) is 1.21. The predicted molar refractivity (Wildman–Crippen MR) is 100 cm³/mol. The summed E-state index contributed by atoms with van der Waals surface area (Å²) in [7, 11) is 1.85. The third kappa shape index (κ3) is 4.73. The number of benzene rings is 1. The van der Waals surface area contributed by atoms with Crippen molar-refractivity contribution in [2.75, 3.05) is 12.3 Å². The molecule has 130 valence electrons. The van der Waals surface area contributed by atoms with Crippen LogP contribution >= 0.6 is 27.7 Å². The van der Waals surface area contributed by atoms with Gasteiger partial charge in [0.2, 0.25) is 5.91 Å². The van der Waals surface area contributed by atoms with Crippen LogP contribution < -0.4 is 5.32 Å². The van der Waals surface area contributed by atoms with Gasteiger partial charge in [0.1, 0.15) is 0 Å². The van der Waals surface area contributed by atoms with E-state index < -0.39 is 0 Å². The highest BCUT2D eigenvalue weighted by Crippen LogP contribution is 2.26. The SMILES string of the molecule is Cn1c(SCC(=O)NCCc2ccccc2)nnc1-c1ccc(Br)o1. The Morgan fingerprint density at radius 1 is 1.24 bits per heavy atom. The van der Waals surface area contributed by atoms with Crippen LogP contribution in [0.2, 0.25) is 0 Å². The zero-order valence-corrected chi connectivity index (χ0v) is 16.0. The van der Waals surface area contributed by atoms with Crippen molar-refractivity contribution in [1.82, 2.24) is 20.1 Å². The number of nitrogens with one attached hydrogen (secondary N) is 1. The number of halogens is 1. The average Bonchev–Trinajstić information content (AvgIpc) is 3.19. The minimum Gasteiger partial charge on any atom is -0.446 e. The maximum atomic E-state index is 12.0. The van der Waals surface area contributed by atoms with Gasteiger partial charge in [-0.1, -0.05) is 42.1 Å². The average molecular weight is 421 g/mol. The van der Waals surface area contributed by atoms with E-state index in [-0.39, 0.29) is 5.91 Å². The first-order chi connectivity index (χ1) is 12.1. The monoisotopic (exact) mass is 420 g/mol. The molecule has 3 rings (SSSR count). The number of hydrogen-bond donors (Lipinski definition) is 1. The molecule has 0 aliphatic heterocycles. The Balaban J connectivity index is 1.48. The third-order valence-corrected chi connectivity index (χ3v) is 4.99. The molecule has 0 unspecified atom stereocenters. The molecule has 1 aromatic carbocycles. The third-order valence-electron chi connectivity index (χ3n) is 3.54. The molecule has 2 heterocycles. The molecule has 0 aliphatic carbocycles. The van der Waals surface area contributed by atoms with Crippen LogP contribution in [0.1, 0.15) is 5.56 Å². The Kier molecular flexibility index (Phi) is 5.93. The quantitative estimate of drug-likeness (QED) is 0.593. The topological polar surface area (TPSA) is 73.0 Å². The fourth-order valence-corrected chi connectivity index (χ4v) is 3.31. The van der Waals surface area contributed by atoms with Crippen molar-refractivity contribution < 1.29 is 9.21 Å². The molecule has 0 radical (unpaired) electrons. The van der Waals surface area contributed by atoms with Crippen LogP contribution in [0, 0.1) is 0 Å². The van der Waals surface area contributed by atoms with Gasteiger partial charge in [-0.05, 0) is 40.0 Å². The van der Waals surface area contributed by atoms with Gasteiger partial charge in [-0.25, -0.2) is 0 Å². The Hall–Kier alpha value is -2.06. The summed E-state index contributed by atoms with van der Waals surface area (Å²) >= 11 is 4.62. The predicted octanol–water partition coefficient (Wildman–Crippen LogP) is 3.29. The lowest BCUT2D eigenvalue weighted by Crippen LogP contribution is -2.27. The first-order valence-electron chi connectivity index (χ1n) is 7.72. The molecule has 0 bridgehead atoms. The van der Waals surface area contributed by atoms with Crippen LogP contribution in [0.15, 0.2) is 56.7 Å². The lowest BCUT2D eigenvalue weighted by Gasteiger charge is -2.05. The lowest BCUT2D eigenvalue weighted by atomic mass is 10.1. The lowest BCUT2D eigenvalue weighted by molar-refractivity contribution is -0.118. The smallest absolute Gasteiger partial charge is 0.230 e. The first kappa shape index (κ1) is 17.8. The van der Waals surface area contributed by atoms with Crippen molar-refractivity contribution in [3.63, 3.8) is 0 Å². The largest absolute Gasteiger partial charge is 0.446 e. The highest BCUT2D eigenvalue weighted by molar-refractivity contribution is 9.10. The molecule has 0 spiro atoms. The molecule has 0 saturated carbocycles. The number of amides is 1. The summed E-state index contributed by atoms with van der Waals surface area (Å²) in [6, 6.07) is 13.7. The molecule has 0 atom stereocenters. The number of carbonyl (C=O) groups is 1. The Morgan fingerprint density at radius 2 is 2.04 bits per heavy atom. The Labute approximate surface area is 158 Å². The van der Waals surface area contributed by atoms with Crippen LogP contribution in [0.3, 0.4) is 0 Å². The van der Waals surface area contributed by atoms with E-state index in [4.69, 9.17) is 4.42 Å². The number of thioether (sulfide) groups is 1. The molecule has 25 heavy (non-hydrogen) atoms. The maximum absolute atomic E-state index is 12.0. The normalized spacial score (nSPS) is 10.8. The molecule has 8 heteroatoms. The minimum absolute atomic E-state index is 0.0220. The molecule has 3 aromatic rings. The van der Waals surface area contributed by atoms with Crippen molar-refractivity contribution >= 4 is 33.6 Å². The fourth-order valence-electron chi connectivity index (χ4n) is 2.26. The van der Waals surface area contributed by atoms with E-state index in [1.807, 2.05) is 35.9 Å². The van der Waals surface area contributed by atoms with Crippen molar-refractivity contribution in [3.05, 3.63) is 52.7 Å². The van der Waals surface area contributed by atoms with Gasteiger partial charge in [-0.3, -0.25) is 4.79 Å². The summed E-state index contributed by atoms with van der Waals surface area (Å²) in [6.07, 6.45) is 0.818. The Morgan fingerprint density at radius 3 is 2.76 bits per heavy atom. The summed E-state index contributed by atoms with van der Waals surface area (Å²) in [5.74, 6) is 1.52. The molecule has 6 nitrogen and oxygen atoms in total. The van der Waals surface area contributed by atoms with Crippen molar-refractivity contribution in [2.24, 2.45) is 7.05 Å². The highest BCUT2D eigenvalue weighted by atomic mass is 79.9. The first-order valence-corrected chi connectivity index (χ1v) is 9.50. The number of rotatable bonds is 7. The summed E-state index contributed by atoms with van der Waals surface area (Å²) in [4.78, 5) is 12.0. The van der Waals surface area contributed by atoms with E-state index in [2.05, 4.69) is 43.6 Å². The van der Waals surface area contributed by atoms with Crippen LogP contribution in [-0.2, 0) is 18.3 Å². The zero-order valence-electron chi connectivity index (χ0n) is 13.6.